The van der Waals surface area contributed by atoms with Gasteiger partial charge in [0.25, 0.3) is 5.56 Å². The van der Waals surface area contributed by atoms with E-state index in [0.29, 0.717) is 4.70 Å². The number of fused-ring (bicyclic) bond motifs is 3. The van der Waals surface area contributed by atoms with Gasteiger partial charge < -0.3 is 10.1 Å². The number of aromatic hydroxyl groups is 1. The van der Waals surface area contributed by atoms with Crippen LogP contribution in [0.15, 0.2) is 46.6 Å². The quantitative estimate of drug-likeness (QED) is 0.359. The molecule has 2 aromatic heterocycles. The van der Waals surface area contributed by atoms with E-state index in [1.807, 2.05) is 11.4 Å². The van der Waals surface area contributed by atoms with Crippen molar-refractivity contribution in [1.29, 1.82) is 0 Å². The van der Waals surface area contributed by atoms with E-state index < -0.39 is 0 Å². The molecule has 4 aromatic rings. The highest BCUT2D eigenvalue weighted by Crippen LogP contribution is 2.40. The minimum absolute atomic E-state index is 0.0709. The van der Waals surface area contributed by atoms with Gasteiger partial charge in [0.05, 0.1) is 0 Å². The Morgan fingerprint density at radius 2 is 1.84 bits per heavy atom. The molecule has 160 valence electrons. The van der Waals surface area contributed by atoms with Crippen molar-refractivity contribution in [2.75, 3.05) is 0 Å². The molecule has 0 aliphatic heterocycles. The van der Waals surface area contributed by atoms with Crippen LogP contribution < -0.4 is 5.56 Å². The van der Waals surface area contributed by atoms with Gasteiger partial charge in [-0.15, -0.1) is 11.3 Å². The maximum absolute atomic E-state index is 12.4. The van der Waals surface area contributed by atoms with E-state index in [2.05, 4.69) is 37.0 Å². The lowest BCUT2D eigenvalue weighted by Gasteiger charge is -2.28. The second kappa shape index (κ2) is 8.16. The molecule has 0 radical (unpaired) electrons. The van der Waals surface area contributed by atoms with Gasteiger partial charge >= 0.3 is 0 Å². The lowest BCUT2D eigenvalue weighted by Crippen LogP contribution is -2.16. The largest absolute Gasteiger partial charge is 0.507 e. The molecule has 0 bridgehead atoms. The first-order valence-corrected chi connectivity index (χ1v) is 12.3. The fourth-order valence-corrected chi connectivity index (χ4v) is 6.16. The van der Waals surface area contributed by atoms with Gasteiger partial charge in [-0.1, -0.05) is 44.4 Å². The third kappa shape index (κ3) is 3.67. The second-order valence-electron chi connectivity index (χ2n) is 9.14. The molecule has 2 aromatic carbocycles. The van der Waals surface area contributed by atoms with Gasteiger partial charge in [-0.3, -0.25) is 4.79 Å². The molecule has 0 spiro atoms. The smallest absolute Gasteiger partial charge is 0.266 e. The Morgan fingerprint density at radius 1 is 1.06 bits per heavy atom. The summed E-state index contributed by atoms with van der Waals surface area (Å²) < 4.78 is 0.704. The molecular weight excluding hydrogens is 402 g/mol. The van der Waals surface area contributed by atoms with Crippen LogP contribution in [-0.2, 0) is 6.42 Å². The number of H-pyrrole nitrogens is 1. The molecule has 31 heavy (non-hydrogen) atoms. The van der Waals surface area contributed by atoms with E-state index in [1.54, 1.807) is 12.1 Å². The zero-order valence-electron chi connectivity index (χ0n) is 18.2. The van der Waals surface area contributed by atoms with Crippen molar-refractivity contribution in [3.8, 4) is 16.9 Å². The first kappa shape index (κ1) is 20.3. The Hall–Kier alpha value is -2.59. The Labute approximate surface area is 186 Å². The number of benzene rings is 2. The van der Waals surface area contributed by atoms with E-state index in [9.17, 15) is 9.90 Å². The lowest BCUT2D eigenvalue weighted by molar-refractivity contribution is 0.268. The van der Waals surface area contributed by atoms with Crippen molar-refractivity contribution in [1.82, 2.24) is 4.98 Å². The molecular formula is C27H29NO2S. The number of rotatable bonds is 4. The molecule has 0 atom stereocenters. The summed E-state index contributed by atoms with van der Waals surface area (Å²) >= 11 is 1.44. The third-order valence-corrected chi connectivity index (χ3v) is 8.17. The van der Waals surface area contributed by atoms with Crippen LogP contribution in [0.25, 0.3) is 32.1 Å². The number of aryl methyl sites for hydroxylation is 1. The van der Waals surface area contributed by atoms with Crippen molar-refractivity contribution < 1.29 is 5.11 Å². The SMILES string of the molecule is CCC1CCC(Cc2ccc(-c3c(O)ccc4[nH]c(=O)c5sccc5c34)cc2C)CC1. The summed E-state index contributed by atoms with van der Waals surface area (Å²) in [6.45, 7) is 4.50. The highest BCUT2D eigenvalue weighted by molar-refractivity contribution is 7.17. The number of thiophene rings is 1. The minimum atomic E-state index is -0.0709. The monoisotopic (exact) mass is 431 g/mol. The lowest BCUT2D eigenvalue weighted by atomic mass is 9.78. The highest BCUT2D eigenvalue weighted by Gasteiger charge is 2.21. The summed E-state index contributed by atoms with van der Waals surface area (Å²) in [6.07, 6.45) is 7.89. The molecule has 1 aliphatic carbocycles. The maximum atomic E-state index is 12.4. The van der Waals surface area contributed by atoms with E-state index in [1.165, 1.54) is 54.6 Å². The number of hydrogen-bond acceptors (Lipinski definition) is 3. The van der Waals surface area contributed by atoms with Crippen molar-refractivity contribution in [2.24, 2.45) is 11.8 Å². The number of hydrogen-bond donors (Lipinski definition) is 2. The van der Waals surface area contributed by atoms with Gasteiger partial charge in [0.15, 0.2) is 0 Å². The number of aromatic nitrogens is 1. The fraction of sp³-hybridized carbons (Fsp3) is 0.370. The summed E-state index contributed by atoms with van der Waals surface area (Å²) in [5, 5.41) is 14.6. The molecule has 2 N–H and O–H groups in total. The third-order valence-electron chi connectivity index (χ3n) is 7.26. The normalized spacial score (nSPS) is 19.3. The van der Waals surface area contributed by atoms with Crippen LogP contribution in [0.5, 0.6) is 5.75 Å². The summed E-state index contributed by atoms with van der Waals surface area (Å²) in [5.74, 6) is 1.96. The molecule has 0 amide bonds. The summed E-state index contributed by atoms with van der Waals surface area (Å²) in [6, 6.07) is 12.0. The number of phenols is 1. The molecule has 5 rings (SSSR count). The van der Waals surface area contributed by atoms with Gasteiger partial charge in [0, 0.05) is 21.9 Å². The van der Waals surface area contributed by atoms with E-state index in [0.717, 1.165) is 45.7 Å². The fourth-order valence-electron chi connectivity index (χ4n) is 5.36. The number of pyridine rings is 1. The Kier molecular flexibility index (Phi) is 5.35. The van der Waals surface area contributed by atoms with Crippen molar-refractivity contribution in [2.45, 2.75) is 52.4 Å². The van der Waals surface area contributed by atoms with E-state index in [4.69, 9.17) is 0 Å². The predicted octanol–water partition coefficient (Wildman–Crippen LogP) is 7.18. The summed E-state index contributed by atoms with van der Waals surface area (Å²) in [7, 11) is 0. The van der Waals surface area contributed by atoms with Crippen LogP contribution >= 0.6 is 11.3 Å². The zero-order valence-corrected chi connectivity index (χ0v) is 19.0. The topological polar surface area (TPSA) is 53.1 Å². The molecule has 0 unspecified atom stereocenters. The molecule has 1 aliphatic rings. The second-order valence-corrected chi connectivity index (χ2v) is 10.1. The Balaban J connectivity index is 1.54. The Morgan fingerprint density at radius 3 is 2.58 bits per heavy atom. The first-order chi connectivity index (χ1) is 15.0. The predicted molar refractivity (Wildman–Crippen MR) is 131 cm³/mol. The average Bonchev–Trinajstić information content (AvgIpc) is 3.27. The standard InChI is InChI=1S/C27H29NO2S/c1-3-17-4-6-18(7-5-17)15-19-8-9-20(14-16(19)2)24-23(29)11-10-22-25(24)21-12-13-31-26(21)27(30)28-22/h8-14,17-18,29H,3-7,15H2,1-2H3,(H,28,30). The van der Waals surface area contributed by atoms with Gasteiger partial charge in [0.2, 0.25) is 0 Å². The first-order valence-electron chi connectivity index (χ1n) is 11.4. The maximum Gasteiger partial charge on any atom is 0.266 e. The molecule has 2 heterocycles. The van der Waals surface area contributed by atoms with Gasteiger partial charge in [0.1, 0.15) is 10.4 Å². The highest BCUT2D eigenvalue weighted by atomic mass is 32.1. The van der Waals surface area contributed by atoms with Crippen molar-refractivity contribution in [3.05, 3.63) is 63.3 Å². The van der Waals surface area contributed by atoms with Crippen LogP contribution in [0.1, 0.15) is 50.2 Å². The van der Waals surface area contributed by atoms with Crippen LogP contribution in [0.3, 0.4) is 0 Å². The van der Waals surface area contributed by atoms with Crippen LogP contribution in [0.4, 0.5) is 0 Å². The van der Waals surface area contributed by atoms with E-state index in [-0.39, 0.29) is 11.3 Å². The zero-order chi connectivity index (χ0) is 21.5. The van der Waals surface area contributed by atoms with Crippen molar-refractivity contribution >= 4 is 32.3 Å². The minimum Gasteiger partial charge on any atom is -0.507 e. The van der Waals surface area contributed by atoms with Crippen LogP contribution in [-0.4, -0.2) is 10.1 Å². The van der Waals surface area contributed by atoms with Crippen LogP contribution in [0, 0.1) is 18.8 Å². The number of nitrogens with one attached hydrogen (secondary N) is 1. The number of aromatic amines is 1. The van der Waals surface area contributed by atoms with E-state index >= 15 is 0 Å². The van der Waals surface area contributed by atoms with Gasteiger partial charge in [-0.05, 0) is 78.3 Å². The summed E-state index contributed by atoms with van der Waals surface area (Å²) in [4.78, 5) is 15.4. The van der Waals surface area contributed by atoms with Crippen molar-refractivity contribution in [3.63, 3.8) is 0 Å². The molecule has 4 heteroatoms. The molecule has 1 saturated carbocycles. The van der Waals surface area contributed by atoms with Crippen LogP contribution in [0.2, 0.25) is 0 Å². The Bertz CT molecular complexity index is 1310. The summed E-state index contributed by atoms with van der Waals surface area (Å²) in [5.41, 5.74) is 5.18. The molecule has 3 nitrogen and oxygen atoms in total. The number of phenolic OH excluding ortho intramolecular Hbond substituents is 1. The average molecular weight is 432 g/mol. The van der Waals surface area contributed by atoms with Gasteiger partial charge in [-0.25, -0.2) is 0 Å². The molecule has 0 saturated heterocycles. The van der Waals surface area contributed by atoms with Gasteiger partial charge in [-0.2, -0.15) is 0 Å². The molecule has 1 fully saturated rings.